The highest BCUT2D eigenvalue weighted by atomic mass is 31.1. The fourth-order valence-electron chi connectivity index (χ4n) is 2.51. The van der Waals surface area contributed by atoms with Gasteiger partial charge < -0.3 is 0 Å². The van der Waals surface area contributed by atoms with Gasteiger partial charge in [-0.15, -0.1) is 0 Å². The standard InChI is InChI=1S/C20H27P/c1-6-7-12-21(19-10-8-15(2)17(4)13-19)20-11-9-16(3)18(5)14-20/h8-11,13-14H,6-7,12H2,1-5H3. The van der Waals surface area contributed by atoms with Crippen LogP contribution in [0.25, 0.3) is 0 Å². The number of hydrogen-bond acceptors (Lipinski definition) is 0. The van der Waals surface area contributed by atoms with Crippen LogP contribution in [0.15, 0.2) is 36.4 Å². The third-order valence-corrected chi connectivity index (χ3v) is 6.91. The molecule has 0 atom stereocenters. The van der Waals surface area contributed by atoms with Gasteiger partial charge in [0.2, 0.25) is 0 Å². The summed E-state index contributed by atoms with van der Waals surface area (Å²) in [4.78, 5) is 0. The Morgan fingerprint density at radius 3 is 1.57 bits per heavy atom. The van der Waals surface area contributed by atoms with Crippen molar-refractivity contribution in [2.45, 2.75) is 47.5 Å². The second-order valence-corrected chi connectivity index (χ2v) is 8.38. The fourth-order valence-corrected chi connectivity index (χ4v) is 5.17. The summed E-state index contributed by atoms with van der Waals surface area (Å²) < 4.78 is 0. The van der Waals surface area contributed by atoms with Gasteiger partial charge in [0, 0.05) is 0 Å². The average molecular weight is 298 g/mol. The average Bonchev–Trinajstić information content (AvgIpc) is 2.46. The normalized spacial score (nSPS) is 11.1. The van der Waals surface area contributed by atoms with Gasteiger partial charge in [-0.2, -0.15) is 0 Å². The van der Waals surface area contributed by atoms with Crippen LogP contribution >= 0.6 is 7.92 Å². The molecule has 0 aliphatic rings. The topological polar surface area (TPSA) is 0 Å². The number of unbranched alkanes of at least 4 members (excludes halogenated alkanes) is 1. The Hall–Kier alpha value is -1.13. The maximum absolute atomic E-state index is 2.41. The van der Waals surface area contributed by atoms with Crippen LogP contribution in [0, 0.1) is 27.7 Å². The molecule has 0 fully saturated rings. The first-order valence-corrected chi connectivity index (χ1v) is 9.47. The number of hydrogen-bond donors (Lipinski definition) is 0. The molecule has 112 valence electrons. The van der Waals surface area contributed by atoms with E-state index >= 15 is 0 Å². The third-order valence-electron chi connectivity index (χ3n) is 4.34. The van der Waals surface area contributed by atoms with Crippen molar-refractivity contribution in [2.75, 3.05) is 6.16 Å². The second kappa shape index (κ2) is 7.23. The fraction of sp³-hybridized carbons (Fsp3) is 0.400. The lowest BCUT2D eigenvalue weighted by Gasteiger charge is -2.20. The van der Waals surface area contributed by atoms with Gasteiger partial charge in [-0.3, -0.25) is 0 Å². The summed E-state index contributed by atoms with van der Waals surface area (Å²) in [6.07, 6.45) is 3.89. The molecule has 0 N–H and O–H groups in total. The largest absolute Gasteiger partial charge is 0.0654 e. The summed E-state index contributed by atoms with van der Waals surface area (Å²) in [5, 5.41) is 3.06. The molecule has 0 unspecified atom stereocenters. The molecule has 0 aliphatic carbocycles. The van der Waals surface area contributed by atoms with Crippen LogP contribution in [-0.4, -0.2) is 6.16 Å². The lowest BCUT2D eigenvalue weighted by atomic mass is 10.1. The minimum atomic E-state index is -0.214. The molecule has 0 nitrogen and oxygen atoms in total. The molecular formula is C20H27P. The Labute approximate surface area is 131 Å². The zero-order valence-electron chi connectivity index (χ0n) is 14.0. The first-order valence-electron chi connectivity index (χ1n) is 7.95. The Bertz CT molecular complexity index is 562. The molecule has 21 heavy (non-hydrogen) atoms. The minimum Gasteiger partial charge on any atom is -0.0654 e. The molecule has 0 aromatic heterocycles. The van der Waals surface area contributed by atoms with Crippen molar-refractivity contribution < 1.29 is 0 Å². The lowest BCUT2D eigenvalue weighted by molar-refractivity contribution is 0.893. The second-order valence-electron chi connectivity index (χ2n) is 6.04. The van der Waals surface area contributed by atoms with Gasteiger partial charge in [-0.25, -0.2) is 0 Å². The molecule has 1 heteroatoms. The molecule has 2 aromatic carbocycles. The summed E-state index contributed by atoms with van der Waals surface area (Å²) in [5.74, 6) is 0. The quantitative estimate of drug-likeness (QED) is 0.669. The molecule has 0 aliphatic heterocycles. The van der Waals surface area contributed by atoms with Crippen LogP contribution in [-0.2, 0) is 0 Å². The van der Waals surface area contributed by atoms with Crippen molar-refractivity contribution in [1.82, 2.24) is 0 Å². The Morgan fingerprint density at radius 1 is 0.714 bits per heavy atom. The predicted octanol–water partition coefficient (Wildman–Crippen LogP) is 5.15. The van der Waals surface area contributed by atoms with Gasteiger partial charge in [0.25, 0.3) is 0 Å². The maximum atomic E-state index is 2.41. The first kappa shape index (κ1) is 16.2. The molecule has 0 spiro atoms. The van der Waals surface area contributed by atoms with E-state index in [2.05, 4.69) is 71.0 Å². The monoisotopic (exact) mass is 298 g/mol. The van der Waals surface area contributed by atoms with E-state index in [9.17, 15) is 0 Å². The first-order chi connectivity index (χ1) is 10.0. The van der Waals surface area contributed by atoms with E-state index in [1.807, 2.05) is 0 Å². The summed E-state index contributed by atoms with van der Waals surface area (Å²) in [6, 6.07) is 14.1. The van der Waals surface area contributed by atoms with Gasteiger partial charge in [0.05, 0.1) is 0 Å². The predicted molar refractivity (Wildman–Crippen MR) is 97.8 cm³/mol. The van der Waals surface area contributed by atoms with E-state index in [1.54, 1.807) is 0 Å². The number of benzene rings is 2. The van der Waals surface area contributed by atoms with Crippen LogP contribution in [0.4, 0.5) is 0 Å². The molecule has 2 rings (SSSR count). The Morgan fingerprint density at radius 2 is 1.19 bits per heavy atom. The van der Waals surface area contributed by atoms with Crippen molar-refractivity contribution in [2.24, 2.45) is 0 Å². The van der Waals surface area contributed by atoms with E-state index in [-0.39, 0.29) is 7.92 Å². The van der Waals surface area contributed by atoms with Crippen LogP contribution in [0.5, 0.6) is 0 Å². The lowest BCUT2D eigenvalue weighted by Crippen LogP contribution is -2.15. The molecule has 0 saturated heterocycles. The highest BCUT2D eigenvalue weighted by Crippen LogP contribution is 2.35. The third kappa shape index (κ3) is 3.95. The molecule has 2 aromatic rings. The molecular weight excluding hydrogens is 271 g/mol. The molecule has 0 radical (unpaired) electrons. The van der Waals surface area contributed by atoms with E-state index in [0.717, 1.165) is 0 Å². The van der Waals surface area contributed by atoms with Crippen LogP contribution in [0.1, 0.15) is 42.0 Å². The van der Waals surface area contributed by atoms with E-state index in [1.165, 1.54) is 51.9 Å². The van der Waals surface area contributed by atoms with Gasteiger partial charge in [0.15, 0.2) is 0 Å². The summed E-state index contributed by atoms with van der Waals surface area (Å²) in [6.45, 7) is 11.1. The number of aryl methyl sites for hydroxylation is 4. The summed E-state index contributed by atoms with van der Waals surface area (Å²) >= 11 is 0. The van der Waals surface area contributed by atoms with Crippen molar-refractivity contribution in [1.29, 1.82) is 0 Å². The highest BCUT2D eigenvalue weighted by molar-refractivity contribution is 7.73. The zero-order valence-corrected chi connectivity index (χ0v) is 14.9. The molecule has 0 bridgehead atoms. The van der Waals surface area contributed by atoms with Crippen molar-refractivity contribution in [3.05, 3.63) is 58.7 Å². The molecule has 0 amide bonds. The van der Waals surface area contributed by atoms with E-state index in [4.69, 9.17) is 0 Å². The van der Waals surface area contributed by atoms with Gasteiger partial charge in [-0.05, 0) is 81.1 Å². The molecule has 0 saturated carbocycles. The van der Waals surface area contributed by atoms with Crippen molar-refractivity contribution >= 4 is 18.5 Å². The Balaban J connectivity index is 2.41. The van der Waals surface area contributed by atoms with Crippen LogP contribution < -0.4 is 10.6 Å². The minimum absolute atomic E-state index is 0.214. The zero-order chi connectivity index (χ0) is 15.4. The van der Waals surface area contributed by atoms with Gasteiger partial charge in [-0.1, -0.05) is 49.7 Å². The van der Waals surface area contributed by atoms with Gasteiger partial charge in [0.1, 0.15) is 0 Å². The number of rotatable bonds is 5. The smallest absolute Gasteiger partial charge is 0.0192 e. The molecule has 0 heterocycles. The van der Waals surface area contributed by atoms with E-state index in [0.29, 0.717) is 0 Å². The SMILES string of the molecule is CCCCP(c1ccc(C)c(C)c1)c1ccc(C)c(C)c1. The maximum Gasteiger partial charge on any atom is -0.0192 e. The van der Waals surface area contributed by atoms with E-state index < -0.39 is 0 Å². The van der Waals surface area contributed by atoms with Gasteiger partial charge >= 0.3 is 0 Å². The van der Waals surface area contributed by atoms with Crippen molar-refractivity contribution in [3.63, 3.8) is 0 Å². The summed E-state index contributed by atoms with van der Waals surface area (Å²) in [7, 11) is -0.214. The van der Waals surface area contributed by atoms with Crippen LogP contribution in [0.3, 0.4) is 0 Å². The summed E-state index contributed by atoms with van der Waals surface area (Å²) in [5.41, 5.74) is 5.62. The van der Waals surface area contributed by atoms with Crippen molar-refractivity contribution in [3.8, 4) is 0 Å². The highest BCUT2D eigenvalue weighted by Gasteiger charge is 2.14. The van der Waals surface area contributed by atoms with Crippen LogP contribution in [0.2, 0.25) is 0 Å². The Kier molecular flexibility index (Phi) is 5.59.